The summed E-state index contributed by atoms with van der Waals surface area (Å²) >= 11 is 6.19. The van der Waals surface area contributed by atoms with Gasteiger partial charge in [-0.3, -0.25) is 9.10 Å². The first-order valence-corrected chi connectivity index (χ1v) is 12.5. The average molecular weight is 449 g/mol. The van der Waals surface area contributed by atoms with E-state index in [1.54, 1.807) is 25.1 Å². The maximum Gasteiger partial charge on any atom is 0.244 e. The Kier molecular flexibility index (Phi) is 6.78. The van der Waals surface area contributed by atoms with Crippen LogP contribution in [0.3, 0.4) is 0 Å². The zero-order valence-electron chi connectivity index (χ0n) is 17.9. The van der Waals surface area contributed by atoms with Gasteiger partial charge in [0, 0.05) is 5.02 Å². The molecule has 1 aliphatic rings. The van der Waals surface area contributed by atoms with E-state index in [9.17, 15) is 13.2 Å². The van der Waals surface area contributed by atoms with Gasteiger partial charge in [-0.1, -0.05) is 35.9 Å². The molecule has 7 heteroatoms. The van der Waals surface area contributed by atoms with Crippen LogP contribution < -0.4 is 9.62 Å². The molecular formula is C23H29ClN2O3S. The van der Waals surface area contributed by atoms with Crippen molar-refractivity contribution in [1.29, 1.82) is 0 Å². The summed E-state index contributed by atoms with van der Waals surface area (Å²) in [7, 11) is -3.69. The van der Waals surface area contributed by atoms with Crippen LogP contribution >= 0.6 is 11.6 Å². The highest BCUT2D eigenvalue weighted by Gasteiger charge is 2.30. The third kappa shape index (κ3) is 4.98. The molecule has 162 valence electrons. The number of benzene rings is 2. The molecule has 0 spiro atoms. The van der Waals surface area contributed by atoms with Crippen LogP contribution in [0.15, 0.2) is 36.4 Å². The first-order valence-electron chi connectivity index (χ1n) is 10.3. The second kappa shape index (κ2) is 8.98. The number of aryl methyl sites for hydroxylation is 3. The minimum atomic E-state index is -3.69. The van der Waals surface area contributed by atoms with Crippen molar-refractivity contribution in [3.05, 3.63) is 63.7 Å². The summed E-state index contributed by atoms with van der Waals surface area (Å²) < 4.78 is 26.1. The normalized spacial score (nSPS) is 15.8. The number of nitrogens with zero attached hydrogens (tertiary/aromatic N) is 1. The van der Waals surface area contributed by atoms with Crippen molar-refractivity contribution < 1.29 is 13.2 Å². The van der Waals surface area contributed by atoms with Gasteiger partial charge in [0.15, 0.2) is 0 Å². The summed E-state index contributed by atoms with van der Waals surface area (Å²) in [5.41, 5.74) is 4.97. The summed E-state index contributed by atoms with van der Waals surface area (Å²) in [6, 6.07) is 10.2. The van der Waals surface area contributed by atoms with E-state index >= 15 is 0 Å². The number of hydrogen-bond donors (Lipinski definition) is 1. The van der Waals surface area contributed by atoms with Gasteiger partial charge in [0.2, 0.25) is 15.9 Å². The minimum Gasteiger partial charge on any atom is -0.348 e. The Labute approximate surface area is 184 Å². The SMILES string of the molecule is Cc1ccc(N([C@@H](C)C(=O)N[C@H](C)c2ccc3c(c2)CCCC3)S(C)(=O)=O)cc1Cl. The summed E-state index contributed by atoms with van der Waals surface area (Å²) in [6.45, 7) is 5.35. The van der Waals surface area contributed by atoms with E-state index in [-0.39, 0.29) is 11.9 Å². The fourth-order valence-electron chi connectivity index (χ4n) is 3.97. The van der Waals surface area contributed by atoms with Crippen molar-refractivity contribution >= 4 is 33.2 Å². The van der Waals surface area contributed by atoms with Gasteiger partial charge in [0.25, 0.3) is 0 Å². The van der Waals surface area contributed by atoms with E-state index in [1.165, 1.54) is 24.0 Å². The lowest BCUT2D eigenvalue weighted by Gasteiger charge is -2.29. The molecule has 1 N–H and O–H groups in total. The van der Waals surface area contributed by atoms with Gasteiger partial charge in [0.1, 0.15) is 6.04 Å². The molecule has 0 fully saturated rings. The summed E-state index contributed by atoms with van der Waals surface area (Å²) in [4.78, 5) is 13.0. The predicted molar refractivity (Wildman–Crippen MR) is 123 cm³/mol. The number of carbonyl (C=O) groups is 1. The Morgan fingerprint density at radius 3 is 2.37 bits per heavy atom. The van der Waals surface area contributed by atoms with Gasteiger partial charge >= 0.3 is 0 Å². The zero-order valence-corrected chi connectivity index (χ0v) is 19.5. The number of amides is 1. The monoisotopic (exact) mass is 448 g/mol. The molecule has 2 aromatic rings. The largest absolute Gasteiger partial charge is 0.348 e. The Bertz CT molecular complexity index is 1050. The molecule has 0 aromatic heterocycles. The van der Waals surface area contributed by atoms with Crippen LogP contribution in [0, 0.1) is 6.92 Å². The lowest BCUT2D eigenvalue weighted by molar-refractivity contribution is -0.122. The highest BCUT2D eigenvalue weighted by Crippen LogP contribution is 2.28. The van der Waals surface area contributed by atoms with Gasteiger partial charge < -0.3 is 5.32 Å². The molecule has 0 saturated carbocycles. The predicted octanol–water partition coefficient (Wildman–Crippen LogP) is 4.56. The van der Waals surface area contributed by atoms with Gasteiger partial charge in [0.05, 0.1) is 18.0 Å². The molecule has 0 unspecified atom stereocenters. The van der Waals surface area contributed by atoms with E-state index in [2.05, 4.69) is 17.4 Å². The molecule has 1 aliphatic carbocycles. The van der Waals surface area contributed by atoms with E-state index in [0.717, 1.165) is 34.5 Å². The van der Waals surface area contributed by atoms with E-state index in [4.69, 9.17) is 11.6 Å². The molecule has 0 radical (unpaired) electrons. The summed E-state index contributed by atoms with van der Waals surface area (Å²) in [5.74, 6) is -0.359. The number of fused-ring (bicyclic) bond motifs is 1. The number of sulfonamides is 1. The summed E-state index contributed by atoms with van der Waals surface area (Å²) in [5, 5.41) is 3.43. The number of nitrogens with one attached hydrogen (secondary N) is 1. The smallest absolute Gasteiger partial charge is 0.244 e. The minimum absolute atomic E-state index is 0.227. The molecule has 0 heterocycles. The number of hydrogen-bond acceptors (Lipinski definition) is 3. The number of carbonyl (C=O) groups excluding carboxylic acids is 1. The molecule has 1 amide bonds. The number of halogens is 1. The van der Waals surface area contributed by atoms with Crippen molar-refractivity contribution in [1.82, 2.24) is 5.32 Å². The third-order valence-electron chi connectivity index (χ3n) is 5.73. The number of anilines is 1. The topological polar surface area (TPSA) is 66.5 Å². The van der Waals surface area contributed by atoms with Crippen LogP contribution in [0.5, 0.6) is 0 Å². The zero-order chi connectivity index (χ0) is 22.1. The Morgan fingerprint density at radius 2 is 1.73 bits per heavy atom. The Morgan fingerprint density at radius 1 is 1.07 bits per heavy atom. The second-order valence-corrected chi connectivity index (χ2v) is 10.4. The van der Waals surface area contributed by atoms with Crippen LogP contribution in [-0.4, -0.2) is 26.6 Å². The van der Waals surface area contributed by atoms with Crippen LogP contribution in [0.25, 0.3) is 0 Å². The van der Waals surface area contributed by atoms with Crippen molar-refractivity contribution in [2.45, 2.75) is 58.5 Å². The molecule has 2 aromatic carbocycles. The first kappa shape index (κ1) is 22.6. The first-order chi connectivity index (χ1) is 14.1. The fraction of sp³-hybridized carbons (Fsp3) is 0.435. The van der Waals surface area contributed by atoms with E-state index < -0.39 is 16.1 Å². The maximum atomic E-state index is 13.0. The highest BCUT2D eigenvalue weighted by molar-refractivity contribution is 7.92. The molecular weight excluding hydrogens is 420 g/mol. The van der Waals surface area contributed by atoms with Crippen LogP contribution in [0.2, 0.25) is 5.02 Å². The standard InChI is InChI=1S/C23H29ClN2O3S/c1-15-9-12-21(14-22(15)24)26(30(4,28)29)17(3)23(27)25-16(2)19-11-10-18-7-5-6-8-20(18)13-19/h9-14,16-17H,5-8H2,1-4H3,(H,25,27)/t16-,17+/m1/s1. The maximum absolute atomic E-state index is 13.0. The second-order valence-electron chi connectivity index (χ2n) is 8.13. The van der Waals surface area contributed by atoms with Gasteiger partial charge in [-0.25, -0.2) is 8.42 Å². The van der Waals surface area contributed by atoms with Crippen molar-refractivity contribution in [2.75, 3.05) is 10.6 Å². The van der Waals surface area contributed by atoms with Crippen molar-refractivity contribution in [3.8, 4) is 0 Å². The lowest BCUT2D eigenvalue weighted by atomic mass is 9.89. The van der Waals surface area contributed by atoms with Crippen molar-refractivity contribution in [3.63, 3.8) is 0 Å². The van der Waals surface area contributed by atoms with Crippen LogP contribution in [0.4, 0.5) is 5.69 Å². The molecule has 30 heavy (non-hydrogen) atoms. The number of rotatable bonds is 6. The molecule has 0 saturated heterocycles. The quantitative estimate of drug-likeness (QED) is 0.704. The summed E-state index contributed by atoms with van der Waals surface area (Å²) in [6.07, 6.45) is 5.68. The van der Waals surface area contributed by atoms with E-state index in [0.29, 0.717) is 10.7 Å². The van der Waals surface area contributed by atoms with Crippen LogP contribution in [0.1, 0.15) is 55.0 Å². The van der Waals surface area contributed by atoms with E-state index in [1.807, 2.05) is 19.9 Å². The lowest BCUT2D eigenvalue weighted by Crippen LogP contribution is -2.48. The molecule has 5 nitrogen and oxygen atoms in total. The fourth-order valence-corrected chi connectivity index (χ4v) is 5.31. The van der Waals surface area contributed by atoms with Gasteiger partial charge in [-0.2, -0.15) is 0 Å². The molecule has 3 rings (SSSR count). The average Bonchev–Trinajstić information content (AvgIpc) is 2.69. The van der Waals surface area contributed by atoms with Gasteiger partial charge in [-0.15, -0.1) is 0 Å². The molecule has 0 aliphatic heterocycles. The van der Waals surface area contributed by atoms with Gasteiger partial charge in [-0.05, 0) is 80.8 Å². The Hall–Kier alpha value is -2.05. The molecule has 0 bridgehead atoms. The molecule has 2 atom stereocenters. The van der Waals surface area contributed by atoms with Crippen molar-refractivity contribution in [2.24, 2.45) is 0 Å². The van der Waals surface area contributed by atoms with Crippen LogP contribution in [-0.2, 0) is 27.7 Å². The highest BCUT2D eigenvalue weighted by atomic mass is 35.5. The third-order valence-corrected chi connectivity index (χ3v) is 7.38. The Balaban J connectivity index is 1.80.